The number of aliphatic hydroxyl groups is 2. The Balaban J connectivity index is 1.60. The molecule has 3 saturated heterocycles. The lowest BCUT2D eigenvalue weighted by Gasteiger charge is -2.47. The van der Waals surface area contributed by atoms with Crippen LogP contribution in [-0.4, -0.2) is 101 Å². The van der Waals surface area contributed by atoms with E-state index in [1.165, 1.54) is 0 Å². The number of aliphatic hydroxyl groups excluding tert-OH is 2. The molecule has 0 aromatic carbocycles. The van der Waals surface area contributed by atoms with Gasteiger partial charge in [-0.2, -0.15) is 0 Å². The maximum atomic E-state index is 13.5. The zero-order chi connectivity index (χ0) is 30.8. The van der Waals surface area contributed by atoms with Gasteiger partial charge < -0.3 is 38.8 Å². The third-order valence-electron chi connectivity index (χ3n) is 10.2. The fourth-order valence-corrected chi connectivity index (χ4v) is 7.88. The van der Waals surface area contributed by atoms with Gasteiger partial charge in [-0.15, -0.1) is 0 Å². The Morgan fingerprint density at radius 2 is 1.83 bits per heavy atom. The minimum absolute atomic E-state index is 0.133. The third-order valence-corrected chi connectivity index (χ3v) is 10.2. The van der Waals surface area contributed by atoms with Crippen molar-refractivity contribution in [2.75, 3.05) is 14.1 Å². The summed E-state index contributed by atoms with van der Waals surface area (Å²) < 4.78 is 33.1. The van der Waals surface area contributed by atoms with E-state index in [1.54, 1.807) is 13.1 Å². The fraction of sp³-hybridized carbons (Fsp3) is 0.812. The van der Waals surface area contributed by atoms with Gasteiger partial charge in [0.2, 0.25) is 5.79 Å². The molecular formula is C32H50N2O8. The van der Waals surface area contributed by atoms with Crippen molar-refractivity contribution >= 4 is 11.7 Å². The third kappa shape index (κ3) is 5.21. The van der Waals surface area contributed by atoms with Gasteiger partial charge in [0.1, 0.15) is 17.8 Å². The van der Waals surface area contributed by atoms with Crippen molar-refractivity contribution < 1.29 is 38.7 Å². The Morgan fingerprint density at radius 3 is 2.45 bits per heavy atom. The van der Waals surface area contributed by atoms with Crippen molar-refractivity contribution in [3.8, 4) is 0 Å². The predicted molar refractivity (Wildman–Crippen MR) is 157 cm³/mol. The van der Waals surface area contributed by atoms with Gasteiger partial charge in [-0.1, -0.05) is 26.8 Å². The molecule has 10 heteroatoms. The number of cyclic esters (lactones) is 1. The van der Waals surface area contributed by atoms with Gasteiger partial charge in [-0.05, 0) is 67.1 Å². The summed E-state index contributed by atoms with van der Waals surface area (Å²) in [5.41, 5.74) is -0.250. The Hall–Kier alpha value is -1.66. The smallest absolute Gasteiger partial charge is 0.311 e. The molecule has 0 radical (unpaired) electrons. The molecule has 42 heavy (non-hydrogen) atoms. The molecule has 0 saturated carbocycles. The molecule has 236 valence electrons. The van der Waals surface area contributed by atoms with Crippen LogP contribution in [0, 0.1) is 17.8 Å². The summed E-state index contributed by atoms with van der Waals surface area (Å²) in [6.07, 6.45) is 3.69. The van der Waals surface area contributed by atoms with Crippen molar-refractivity contribution in [2.45, 2.75) is 134 Å². The summed E-state index contributed by atoms with van der Waals surface area (Å²) in [5, 5.41) is 23.0. The first-order chi connectivity index (χ1) is 19.7. The number of nitrogens with zero attached hydrogens (tertiary/aromatic N) is 2. The maximum absolute atomic E-state index is 13.5. The molecule has 3 bridgehead atoms. The summed E-state index contributed by atoms with van der Waals surface area (Å²) in [7, 11) is 3.86. The quantitative estimate of drug-likeness (QED) is 0.465. The van der Waals surface area contributed by atoms with Gasteiger partial charge in [-0.25, -0.2) is 0 Å². The first-order valence-corrected chi connectivity index (χ1v) is 15.6. The van der Waals surface area contributed by atoms with Crippen LogP contribution in [0.1, 0.15) is 74.1 Å². The van der Waals surface area contributed by atoms with Crippen molar-refractivity contribution in [3.63, 3.8) is 0 Å². The molecule has 10 nitrogen and oxygen atoms in total. The van der Waals surface area contributed by atoms with Crippen LogP contribution >= 0.6 is 0 Å². The van der Waals surface area contributed by atoms with Crippen LogP contribution in [0.5, 0.6) is 0 Å². The van der Waals surface area contributed by atoms with Gasteiger partial charge in [-0.3, -0.25) is 9.79 Å². The SMILES string of the molecule is CC[C@H]1OC(=O)[C@H](C)[C@@H](O)[C@H](C)[C@@H](O[C@@H]2O[C@H](C)C[C@H](N(C)C)[C@H]2O)[C@@]2(C)C[C@@H](C)C3(OC1(C)C=C3C1=NC=CC1)O2. The van der Waals surface area contributed by atoms with Gasteiger partial charge >= 0.3 is 5.97 Å². The van der Waals surface area contributed by atoms with E-state index in [9.17, 15) is 15.0 Å². The second-order valence-corrected chi connectivity index (χ2v) is 13.8. The molecule has 0 amide bonds. The molecule has 2 unspecified atom stereocenters. The Labute approximate surface area is 250 Å². The molecule has 2 N–H and O–H groups in total. The number of allylic oxidation sites excluding steroid dienone is 1. The van der Waals surface area contributed by atoms with Crippen LogP contribution in [0.3, 0.4) is 0 Å². The van der Waals surface area contributed by atoms with E-state index in [4.69, 9.17) is 23.7 Å². The molecule has 3 fully saturated rings. The first kappa shape index (κ1) is 31.8. The van der Waals surface area contributed by atoms with E-state index in [-0.39, 0.29) is 18.1 Å². The van der Waals surface area contributed by atoms with E-state index in [0.717, 1.165) is 11.3 Å². The number of fused-ring (bicyclic) bond motifs is 2. The summed E-state index contributed by atoms with van der Waals surface area (Å²) in [6, 6.07) is -0.172. The topological polar surface area (TPSA) is 119 Å². The number of hydrogen-bond acceptors (Lipinski definition) is 10. The molecular weight excluding hydrogens is 540 g/mol. The zero-order valence-electron chi connectivity index (χ0n) is 26.6. The largest absolute Gasteiger partial charge is 0.459 e. The first-order valence-electron chi connectivity index (χ1n) is 15.6. The number of ether oxygens (including phenoxy) is 5. The van der Waals surface area contributed by atoms with Crippen LogP contribution < -0.4 is 0 Å². The van der Waals surface area contributed by atoms with E-state index in [0.29, 0.717) is 25.7 Å². The number of carbonyl (C=O) groups is 1. The number of rotatable bonds is 5. The lowest BCUT2D eigenvalue weighted by molar-refractivity contribution is -0.327. The highest BCUT2D eigenvalue weighted by molar-refractivity contribution is 6.04. The minimum atomic E-state index is -1.17. The number of likely N-dealkylation sites (N-methyl/N-ethyl adjacent to an activating group) is 1. The molecule has 5 aliphatic rings. The van der Waals surface area contributed by atoms with Crippen LogP contribution in [0.15, 0.2) is 28.9 Å². The van der Waals surface area contributed by atoms with Crippen molar-refractivity contribution in [1.82, 2.24) is 4.90 Å². The van der Waals surface area contributed by atoms with E-state index < -0.39 is 65.5 Å². The normalized spacial score (nSPS) is 49.4. The lowest BCUT2D eigenvalue weighted by Crippen LogP contribution is -2.59. The average molecular weight is 591 g/mol. The van der Waals surface area contributed by atoms with Gasteiger partial charge in [0.25, 0.3) is 0 Å². The van der Waals surface area contributed by atoms with E-state index >= 15 is 0 Å². The molecule has 0 aromatic rings. The van der Waals surface area contributed by atoms with E-state index in [2.05, 4.69) is 11.9 Å². The summed E-state index contributed by atoms with van der Waals surface area (Å²) in [6.45, 7) is 13.5. The zero-order valence-corrected chi connectivity index (χ0v) is 26.6. The monoisotopic (exact) mass is 590 g/mol. The van der Waals surface area contributed by atoms with Crippen molar-refractivity contribution in [1.29, 1.82) is 0 Å². The van der Waals surface area contributed by atoms with Gasteiger partial charge in [0, 0.05) is 36.1 Å². The number of carbonyl (C=O) groups excluding carboxylic acids is 1. The Kier molecular flexibility index (Phi) is 8.59. The predicted octanol–water partition coefficient (Wildman–Crippen LogP) is 3.35. The van der Waals surface area contributed by atoms with Crippen LogP contribution in [-0.2, 0) is 28.5 Å². The highest BCUT2D eigenvalue weighted by Crippen LogP contribution is 2.57. The van der Waals surface area contributed by atoms with Crippen molar-refractivity contribution in [3.05, 3.63) is 23.9 Å². The summed E-state index contributed by atoms with van der Waals surface area (Å²) in [4.78, 5) is 20.1. The van der Waals surface area contributed by atoms with Crippen LogP contribution in [0.4, 0.5) is 0 Å². The Morgan fingerprint density at radius 1 is 1.12 bits per heavy atom. The van der Waals surface area contributed by atoms with Crippen molar-refractivity contribution in [2.24, 2.45) is 22.7 Å². The number of hydrogen-bond donors (Lipinski definition) is 2. The molecule has 5 aliphatic heterocycles. The van der Waals surface area contributed by atoms with Crippen LogP contribution in [0.25, 0.3) is 0 Å². The second kappa shape index (κ2) is 11.4. The van der Waals surface area contributed by atoms with Gasteiger partial charge in [0.05, 0.1) is 35.5 Å². The molecule has 5 heterocycles. The molecule has 5 rings (SSSR count). The molecule has 0 aliphatic carbocycles. The molecule has 0 aromatic heterocycles. The second-order valence-electron chi connectivity index (χ2n) is 13.8. The Bertz CT molecular complexity index is 1140. The lowest BCUT2D eigenvalue weighted by atomic mass is 9.78. The number of aliphatic imine (C=N–C) groups is 1. The summed E-state index contributed by atoms with van der Waals surface area (Å²) >= 11 is 0. The molecule has 1 spiro atoms. The van der Waals surface area contributed by atoms with Gasteiger partial charge in [0.15, 0.2) is 6.29 Å². The summed E-state index contributed by atoms with van der Waals surface area (Å²) in [5.74, 6) is -3.23. The fourth-order valence-electron chi connectivity index (χ4n) is 7.88. The highest BCUT2D eigenvalue weighted by atomic mass is 16.8. The minimum Gasteiger partial charge on any atom is -0.459 e. The standard InChI is InChI=1S/C32H50N2O8/c1-10-24-30(6)16-21(22-12-11-13-33-22)32(41-30)17(2)15-31(7,42-32)27(19(4)25(35)20(5)28(37)39-24)40-29-26(36)23(34(8)9)14-18(3)38-29/h11,13,16-20,23-27,29,35-36H,10,12,14-15H2,1-9H3/t17-,18-,19+,20-,23+,24-,25+,26-,27-,29+,30?,31-,32?/m1/s1. The molecule has 13 atom stereocenters. The van der Waals surface area contributed by atoms with Crippen LogP contribution in [0.2, 0.25) is 0 Å². The maximum Gasteiger partial charge on any atom is 0.311 e. The highest BCUT2D eigenvalue weighted by Gasteiger charge is 2.66. The van der Waals surface area contributed by atoms with E-state index in [1.807, 2.05) is 65.8 Å². The average Bonchev–Trinajstić information content (AvgIpc) is 3.62. The number of esters is 1.